The van der Waals surface area contributed by atoms with Crippen LogP contribution in [-0.2, 0) is 0 Å². The fraction of sp³-hybridized carbons (Fsp3) is 0.267. The topological polar surface area (TPSA) is 34.2 Å². The number of nitrogens with zero attached hydrogens (tertiary/aromatic N) is 1. The molecule has 0 spiro atoms. The van der Waals surface area contributed by atoms with Gasteiger partial charge in [0.05, 0.1) is 5.69 Å². The molecule has 0 fully saturated rings. The number of ether oxygens (including phenoxy) is 1. The van der Waals surface area contributed by atoms with Crippen LogP contribution in [0.5, 0.6) is 5.75 Å². The molecule has 0 saturated heterocycles. The number of hydrogen-bond acceptors (Lipinski definition) is 3. The quantitative estimate of drug-likeness (QED) is 0.804. The summed E-state index contributed by atoms with van der Waals surface area (Å²) in [6.45, 7) is 0.982. The van der Waals surface area contributed by atoms with Crippen LogP contribution in [0.2, 0.25) is 5.15 Å². The normalized spacial score (nSPS) is 12.3. The first-order valence-corrected chi connectivity index (χ1v) is 6.77. The van der Waals surface area contributed by atoms with E-state index in [0.29, 0.717) is 10.8 Å². The van der Waals surface area contributed by atoms with E-state index in [4.69, 9.17) is 11.6 Å². The highest BCUT2D eigenvalue weighted by molar-refractivity contribution is 6.31. The van der Waals surface area contributed by atoms with Crippen LogP contribution in [0.4, 0.5) is 14.5 Å². The molecule has 1 heterocycles. The van der Waals surface area contributed by atoms with E-state index in [-0.39, 0.29) is 11.8 Å². The van der Waals surface area contributed by atoms with Crippen molar-refractivity contribution in [3.8, 4) is 5.75 Å². The lowest BCUT2D eigenvalue weighted by molar-refractivity contribution is -0.0498. The van der Waals surface area contributed by atoms with E-state index in [1.165, 1.54) is 6.07 Å². The van der Waals surface area contributed by atoms with Gasteiger partial charge in [-0.15, -0.1) is 0 Å². The van der Waals surface area contributed by atoms with Gasteiger partial charge in [0.15, 0.2) is 5.15 Å². The largest absolute Gasteiger partial charge is 0.435 e. The Balaban J connectivity index is 2.16. The summed E-state index contributed by atoms with van der Waals surface area (Å²) in [7, 11) is 0. The van der Waals surface area contributed by atoms with E-state index >= 15 is 0 Å². The molecule has 21 heavy (non-hydrogen) atoms. The minimum absolute atomic E-state index is 0.129. The highest BCUT2D eigenvalue weighted by atomic mass is 35.5. The van der Waals surface area contributed by atoms with E-state index < -0.39 is 6.61 Å². The standard InChI is InChI=1S/C15H15ClF2N2O/c1-9-6-13(14(16)19-8-9)20-10(2)11-4-3-5-12(7-11)21-15(17)18/h3-8,10,15,20H,1-2H3. The zero-order valence-electron chi connectivity index (χ0n) is 11.6. The van der Waals surface area contributed by atoms with Crippen LogP contribution in [0, 0.1) is 6.92 Å². The van der Waals surface area contributed by atoms with Gasteiger partial charge in [0.25, 0.3) is 0 Å². The molecule has 0 aliphatic carbocycles. The number of anilines is 1. The first-order valence-electron chi connectivity index (χ1n) is 6.39. The third kappa shape index (κ3) is 4.29. The zero-order chi connectivity index (χ0) is 15.4. The Labute approximate surface area is 126 Å². The van der Waals surface area contributed by atoms with Crippen LogP contribution in [-0.4, -0.2) is 11.6 Å². The van der Waals surface area contributed by atoms with Gasteiger partial charge < -0.3 is 10.1 Å². The SMILES string of the molecule is Cc1cnc(Cl)c(NC(C)c2cccc(OC(F)F)c2)c1. The number of aromatic nitrogens is 1. The van der Waals surface area contributed by atoms with E-state index in [0.717, 1.165) is 11.1 Å². The summed E-state index contributed by atoms with van der Waals surface area (Å²) in [6, 6.07) is 8.30. The van der Waals surface area contributed by atoms with Gasteiger partial charge in [-0.3, -0.25) is 0 Å². The smallest absolute Gasteiger partial charge is 0.387 e. The average Bonchev–Trinajstić information content (AvgIpc) is 2.42. The average molecular weight is 313 g/mol. The summed E-state index contributed by atoms with van der Waals surface area (Å²) in [5.74, 6) is 0.129. The molecular weight excluding hydrogens is 298 g/mol. The van der Waals surface area contributed by atoms with Crippen LogP contribution in [0.1, 0.15) is 24.1 Å². The lowest BCUT2D eigenvalue weighted by Gasteiger charge is -2.17. The summed E-state index contributed by atoms with van der Waals surface area (Å²) in [4.78, 5) is 4.06. The molecular formula is C15H15ClF2N2O. The van der Waals surface area contributed by atoms with E-state index in [2.05, 4.69) is 15.0 Å². The van der Waals surface area contributed by atoms with Crippen molar-refractivity contribution in [3.63, 3.8) is 0 Å². The van der Waals surface area contributed by atoms with Crippen molar-refractivity contribution in [2.75, 3.05) is 5.32 Å². The van der Waals surface area contributed by atoms with E-state index in [1.54, 1.807) is 18.3 Å². The van der Waals surface area contributed by atoms with Gasteiger partial charge in [-0.25, -0.2) is 4.98 Å². The second-order valence-corrected chi connectivity index (χ2v) is 5.03. The van der Waals surface area contributed by atoms with Crippen molar-refractivity contribution in [1.29, 1.82) is 0 Å². The Morgan fingerprint density at radius 3 is 2.76 bits per heavy atom. The molecule has 0 aliphatic heterocycles. The number of aryl methyl sites for hydroxylation is 1. The van der Waals surface area contributed by atoms with Crippen LogP contribution >= 0.6 is 11.6 Å². The molecule has 1 unspecified atom stereocenters. The van der Waals surface area contributed by atoms with Crippen molar-refractivity contribution in [3.05, 3.63) is 52.8 Å². The van der Waals surface area contributed by atoms with Crippen molar-refractivity contribution >= 4 is 17.3 Å². The highest BCUT2D eigenvalue weighted by Gasteiger charge is 2.11. The molecule has 2 aromatic rings. The van der Waals surface area contributed by atoms with Gasteiger partial charge >= 0.3 is 6.61 Å². The number of benzene rings is 1. The third-order valence-electron chi connectivity index (χ3n) is 2.93. The molecule has 0 saturated carbocycles. The minimum atomic E-state index is -2.83. The molecule has 0 radical (unpaired) electrons. The maximum Gasteiger partial charge on any atom is 0.387 e. The molecule has 1 aromatic carbocycles. The highest BCUT2D eigenvalue weighted by Crippen LogP contribution is 2.27. The van der Waals surface area contributed by atoms with Crippen molar-refractivity contribution in [2.24, 2.45) is 0 Å². The monoisotopic (exact) mass is 312 g/mol. The summed E-state index contributed by atoms with van der Waals surface area (Å²) in [5.41, 5.74) is 2.49. The predicted octanol–water partition coefficient (Wildman–Crippen LogP) is 4.82. The van der Waals surface area contributed by atoms with Crippen LogP contribution < -0.4 is 10.1 Å². The fourth-order valence-corrected chi connectivity index (χ4v) is 2.09. The Kier molecular flexibility index (Phi) is 4.96. The van der Waals surface area contributed by atoms with E-state index in [1.807, 2.05) is 26.0 Å². The molecule has 6 heteroatoms. The van der Waals surface area contributed by atoms with Crippen molar-refractivity contribution in [1.82, 2.24) is 4.98 Å². The summed E-state index contributed by atoms with van der Waals surface area (Å²) in [5, 5.41) is 3.58. The van der Waals surface area contributed by atoms with Crippen LogP contribution in [0.15, 0.2) is 36.5 Å². The van der Waals surface area contributed by atoms with Crippen LogP contribution in [0.3, 0.4) is 0 Å². The van der Waals surface area contributed by atoms with Gasteiger partial charge in [0.1, 0.15) is 5.75 Å². The first kappa shape index (κ1) is 15.5. The lowest BCUT2D eigenvalue weighted by atomic mass is 10.1. The van der Waals surface area contributed by atoms with Gasteiger partial charge in [-0.2, -0.15) is 8.78 Å². The summed E-state index contributed by atoms with van der Waals surface area (Å²) < 4.78 is 28.9. The first-order chi connectivity index (χ1) is 9.95. The molecule has 0 amide bonds. The van der Waals surface area contributed by atoms with Crippen molar-refractivity contribution < 1.29 is 13.5 Å². The Bertz CT molecular complexity index is 622. The molecule has 0 aliphatic rings. The minimum Gasteiger partial charge on any atom is -0.435 e. The second kappa shape index (κ2) is 6.72. The van der Waals surface area contributed by atoms with Gasteiger partial charge in [0, 0.05) is 12.2 Å². The summed E-state index contributed by atoms with van der Waals surface area (Å²) in [6.07, 6.45) is 1.68. The number of hydrogen-bond donors (Lipinski definition) is 1. The van der Waals surface area contributed by atoms with Gasteiger partial charge in [-0.1, -0.05) is 23.7 Å². The maximum atomic E-state index is 12.2. The number of rotatable bonds is 5. The maximum absolute atomic E-state index is 12.2. The Morgan fingerprint density at radius 1 is 1.29 bits per heavy atom. The number of nitrogens with one attached hydrogen (secondary N) is 1. The Hall–Kier alpha value is -1.88. The second-order valence-electron chi connectivity index (χ2n) is 4.67. The molecule has 0 bridgehead atoms. The van der Waals surface area contributed by atoms with Crippen molar-refractivity contribution in [2.45, 2.75) is 26.5 Å². The fourth-order valence-electron chi connectivity index (χ4n) is 1.93. The van der Waals surface area contributed by atoms with Crippen LogP contribution in [0.25, 0.3) is 0 Å². The molecule has 1 aromatic heterocycles. The molecule has 112 valence electrons. The molecule has 2 rings (SSSR count). The Morgan fingerprint density at radius 2 is 2.05 bits per heavy atom. The predicted molar refractivity (Wildman–Crippen MR) is 79.1 cm³/mol. The zero-order valence-corrected chi connectivity index (χ0v) is 12.4. The summed E-state index contributed by atoms with van der Waals surface area (Å²) >= 11 is 6.03. The number of alkyl halides is 2. The van der Waals surface area contributed by atoms with Gasteiger partial charge in [0.2, 0.25) is 0 Å². The third-order valence-corrected chi connectivity index (χ3v) is 3.23. The lowest BCUT2D eigenvalue weighted by Crippen LogP contribution is -2.08. The molecule has 1 atom stereocenters. The van der Waals surface area contributed by atoms with Gasteiger partial charge in [-0.05, 0) is 43.2 Å². The number of halogens is 3. The molecule has 1 N–H and O–H groups in total. The van der Waals surface area contributed by atoms with E-state index in [9.17, 15) is 8.78 Å². The number of pyridine rings is 1. The molecule has 3 nitrogen and oxygen atoms in total.